The van der Waals surface area contributed by atoms with Crippen molar-refractivity contribution in [1.29, 1.82) is 0 Å². The van der Waals surface area contributed by atoms with E-state index in [1.165, 1.54) is 35.6 Å². The third-order valence-corrected chi connectivity index (χ3v) is 7.97. The van der Waals surface area contributed by atoms with Crippen molar-refractivity contribution in [2.24, 2.45) is 0 Å². The first-order chi connectivity index (χ1) is 14.5. The van der Waals surface area contributed by atoms with Crippen LogP contribution >= 0.6 is 11.3 Å². The second kappa shape index (κ2) is 8.66. The Labute approximate surface area is 179 Å². The molecule has 1 fully saturated rings. The summed E-state index contributed by atoms with van der Waals surface area (Å²) >= 11 is 1.45. The summed E-state index contributed by atoms with van der Waals surface area (Å²) in [6.45, 7) is 2.54. The predicted molar refractivity (Wildman–Crippen MR) is 114 cm³/mol. The van der Waals surface area contributed by atoms with Crippen molar-refractivity contribution >= 4 is 33.3 Å². The number of sulfonamides is 1. The number of carbonyl (C=O) groups excluding carboxylic acids is 1. The second-order valence-electron chi connectivity index (χ2n) is 7.04. The zero-order valence-corrected chi connectivity index (χ0v) is 18.1. The number of rotatable bonds is 6. The van der Waals surface area contributed by atoms with Crippen LogP contribution in [0.15, 0.2) is 51.1 Å². The Morgan fingerprint density at radius 2 is 2.03 bits per heavy atom. The molecule has 0 aliphatic carbocycles. The number of nitrogens with one attached hydrogen (secondary N) is 1. The highest BCUT2D eigenvalue weighted by Gasteiger charge is 2.32. The van der Waals surface area contributed by atoms with Crippen LogP contribution in [0.1, 0.15) is 43.0 Å². The minimum Gasteiger partial charge on any atom is -0.402 e. The maximum atomic E-state index is 13.0. The van der Waals surface area contributed by atoms with Gasteiger partial charge in [0.25, 0.3) is 11.8 Å². The number of anilines is 1. The lowest BCUT2D eigenvalue weighted by atomic mass is 10.0. The quantitative estimate of drug-likeness (QED) is 0.613. The molecule has 158 valence electrons. The van der Waals surface area contributed by atoms with E-state index in [-0.39, 0.29) is 17.0 Å². The Balaban J connectivity index is 1.47. The lowest BCUT2D eigenvalue weighted by Crippen LogP contribution is -2.43. The fraction of sp³-hybridized carbons (Fsp3) is 0.350. The SMILES string of the molecule is CC[C@H]1CCCCN1S(=O)(=O)c1ccc(C(=O)Nc2nnc(-c3cccs3)o2)cc1. The van der Waals surface area contributed by atoms with E-state index in [4.69, 9.17) is 4.42 Å². The maximum Gasteiger partial charge on any atom is 0.322 e. The molecular weight excluding hydrogens is 424 g/mol. The number of hydrogen-bond donors (Lipinski definition) is 1. The molecule has 8 nitrogen and oxygen atoms in total. The summed E-state index contributed by atoms with van der Waals surface area (Å²) < 4.78 is 33.1. The maximum absolute atomic E-state index is 13.0. The summed E-state index contributed by atoms with van der Waals surface area (Å²) in [6.07, 6.45) is 3.59. The van der Waals surface area contributed by atoms with Gasteiger partial charge in [-0.15, -0.1) is 16.4 Å². The average molecular weight is 447 g/mol. The molecule has 0 bridgehead atoms. The van der Waals surface area contributed by atoms with Crippen molar-refractivity contribution in [2.75, 3.05) is 11.9 Å². The molecule has 30 heavy (non-hydrogen) atoms. The third-order valence-electron chi connectivity index (χ3n) is 5.14. The van der Waals surface area contributed by atoms with Gasteiger partial charge in [0.05, 0.1) is 9.77 Å². The van der Waals surface area contributed by atoms with Crippen LogP contribution in [0, 0.1) is 0 Å². The van der Waals surface area contributed by atoms with Gasteiger partial charge in [-0.3, -0.25) is 10.1 Å². The molecule has 2 aromatic heterocycles. The Morgan fingerprint density at radius 3 is 2.73 bits per heavy atom. The van der Waals surface area contributed by atoms with Gasteiger partial charge >= 0.3 is 6.01 Å². The van der Waals surface area contributed by atoms with E-state index >= 15 is 0 Å². The van der Waals surface area contributed by atoms with E-state index < -0.39 is 15.9 Å². The van der Waals surface area contributed by atoms with Crippen molar-refractivity contribution in [3.05, 3.63) is 47.3 Å². The second-order valence-corrected chi connectivity index (χ2v) is 9.88. The molecule has 1 amide bonds. The topological polar surface area (TPSA) is 105 Å². The van der Waals surface area contributed by atoms with E-state index in [0.29, 0.717) is 18.0 Å². The van der Waals surface area contributed by atoms with E-state index in [9.17, 15) is 13.2 Å². The lowest BCUT2D eigenvalue weighted by Gasteiger charge is -2.34. The lowest BCUT2D eigenvalue weighted by molar-refractivity contribution is 0.102. The largest absolute Gasteiger partial charge is 0.402 e. The number of benzene rings is 1. The van der Waals surface area contributed by atoms with E-state index in [1.54, 1.807) is 4.31 Å². The molecule has 4 rings (SSSR count). The molecule has 1 atom stereocenters. The molecule has 0 unspecified atom stereocenters. The van der Waals surface area contributed by atoms with E-state index in [2.05, 4.69) is 15.5 Å². The minimum atomic E-state index is -3.58. The highest BCUT2D eigenvalue weighted by atomic mass is 32.2. The van der Waals surface area contributed by atoms with Crippen molar-refractivity contribution in [3.63, 3.8) is 0 Å². The molecule has 3 aromatic rings. The fourth-order valence-electron chi connectivity index (χ4n) is 3.55. The van der Waals surface area contributed by atoms with Gasteiger partial charge in [0, 0.05) is 18.2 Å². The summed E-state index contributed by atoms with van der Waals surface area (Å²) in [4.78, 5) is 13.5. The molecule has 1 N–H and O–H groups in total. The number of piperidine rings is 1. The van der Waals surface area contributed by atoms with Gasteiger partial charge in [0.2, 0.25) is 10.0 Å². The fourth-order valence-corrected chi connectivity index (χ4v) is 5.97. The Hall–Kier alpha value is -2.56. The van der Waals surface area contributed by atoms with Crippen LogP contribution in [-0.4, -0.2) is 41.4 Å². The van der Waals surface area contributed by atoms with E-state index in [1.807, 2.05) is 24.4 Å². The zero-order chi connectivity index (χ0) is 21.1. The number of hydrogen-bond acceptors (Lipinski definition) is 7. The predicted octanol–water partition coefficient (Wildman–Crippen LogP) is 4.00. The van der Waals surface area contributed by atoms with Crippen LogP contribution in [-0.2, 0) is 10.0 Å². The van der Waals surface area contributed by atoms with E-state index in [0.717, 1.165) is 30.6 Å². The number of carbonyl (C=O) groups is 1. The van der Waals surface area contributed by atoms with Crippen LogP contribution in [0.3, 0.4) is 0 Å². The smallest absolute Gasteiger partial charge is 0.322 e. The molecule has 1 aromatic carbocycles. The van der Waals surface area contributed by atoms with Crippen molar-refractivity contribution < 1.29 is 17.6 Å². The highest BCUT2D eigenvalue weighted by molar-refractivity contribution is 7.89. The van der Waals surface area contributed by atoms with Crippen LogP contribution < -0.4 is 5.32 Å². The van der Waals surface area contributed by atoms with Crippen LogP contribution in [0.25, 0.3) is 10.8 Å². The third kappa shape index (κ3) is 4.16. The first kappa shape index (κ1) is 20.7. The average Bonchev–Trinajstić information content (AvgIpc) is 3.46. The van der Waals surface area contributed by atoms with Crippen LogP contribution in [0.2, 0.25) is 0 Å². The summed E-state index contributed by atoms with van der Waals surface area (Å²) in [7, 11) is -3.58. The van der Waals surface area contributed by atoms with Crippen molar-refractivity contribution in [1.82, 2.24) is 14.5 Å². The molecular formula is C20H22N4O4S2. The first-order valence-electron chi connectivity index (χ1n) is 9.79. The molecule has 0 saturated carbocycles. The highest BCUT2D eigenvalue weighted by Crippen LogP contribution is 2.27. The number of amides is 1. The van der Waals surface area contributed by atoms with Crippen molar-refractivity contribution in [3.8, 4) is 10.8 Å². The monoisotopic (exact) mass is 446 g/mol. The number of nitrogens with zero attached hydrogens (tertiary/aromatic N) is 3. The Bertz CT molecular complexity index is 1110. The summed E-state index contributed by atoms with van der Waals surface area (Å²) in [6, 6.07) is 9.64. The van der Waals surface area contributed by atoms with Gasteiger partial charge in [0.1, 0.15) is 0 Å². The first-order valence-corrected chi connectivity index (χ1v) is 12.1. The van der Waals surface area contributed by atoms with Gasteiger partial charge in [-0.2, -0.15) is 4.31 Å². The van der Waals surface area contributed by atoms with Gasteiger partial charge in [0.15, 0.2) is 0 Å². The molecule has 1 aliphatic heterocycles. The number of aromatic nitrogens is 2. The van der Waals surface area contributed by atoms with Gasteiger partial charge in [-0.1, -0.05) is 24.5 Å². The zero-order valence-electron chi connectivity index (χ0n) is 16.4. The molecule has 1 aliphatic rings. The summed E-state index contributed by atoms with van der Waals surface area (Å²) in [5.41, 5.74) is 0.301. The molecule has 10 heteroatoms. The Kier molecular flexibility index (Phi) is 5.98. The summed E-state index contributed by atoms with van der Waals surface area (Å²) in [5, 5.41) is 12.2. The molecule has 0 radical (unpaired) electrons. The molecule has 3 heterocycles. The van der Waals surface area contributed by atoms with Gasteiger partial charge < -0.3 is 4.42 Å². The normalized spacial score (nSPS) is 17.7. The van der Waals surface area contributed by atoms with Crippen LogP contribution in [0.5, 0.6) is 0 Å². The van der Waals surface area contributed by atoms with Crippen LogP contribution in [0.4, 0.5) is 6.01 Å². The Morgan fingerprint density at radius 1 is 1.23 bits per heavy atom. The van der Waals surface area contributed by atoms with Gasteiger partial charge in [-0.25, -0.2) is 8.42 Å². The number of thiophene rings is 1. The summed E-state index contributed by atoms with van der Waals surface area (Å²) in [5.74, 6) is -0.126. The van der Waals surface area contributed by atoms with Gasteiger partial charge in [-0.05, 0) is 55.0 Å². The molecule has 1 saturated heterocycles. The molecule has 0 spiro atoms. The minimum absolute atomic E-state index is 0.0146. The van der Waals surface area contributed by atoms with Crippen molar-refractivity contribution in [2.45, 2.75) is 43.5 Å². The standard InChI is InChI=1S/C20H22N4O4S2/c1-2-15-6-3-4-12-24(15)30(26,27)16-10-8-14(9-11-16)18(25)21-20-23-22-19(28-20)17-7-5-13-29-17/h5,7-11,13,15H,2-4,6,12H2,1H3,(H,21,23,25)/t15-/m0/s1.